The molecule has 0 aliphatic carbocycles. The Hall–Kier alpha value is -1.90. The first-order chi connectivity index (χ1) is 9.29. The zero-order valence-electron chi connectivity index (χ0n) is 11.7. The van der Waals surface area contributed by atoms with Crippen molar-refractivity contribution in [3.05, 3.63) is 47.8 Å². The van der Waals surface area contributed by atoms with E-state index in [-0.39, 0.29) is 0 Å². The summed E-state index contributed by atoms with van der Waals surface area (Å²) in [5.74, 6) is 0.669. The van der Waals surface area contributed by atoms with Gasteiger partial charge in [-0.3, -0.25) is 0 Å². The Bertz CT molecular complexity index is 509. The maximum Gasteiger partial charge on any atom is 0.227 e. The third kappa shape index (κ3) is 4.05. The molecule has 3 heteroatoms. The highest BCUT2D eigenvalue weighted by atomic mass is 15.1. The van der Waals surface area contributed by atoms with E-state index in [1.54, 1.807) is 0 Å². The van der Waals surface area contributed by atoms with E-state index in [1.807, 2.05) is 36.5 Å². The Labute approximate surface area is 115 Å². The summed E-state index contributed by atoms with van der Waals surface area (Å²) >= 11 is 0. The molecule has 0 spiro atoms. The van der Waals surface area contributed by atoms with Crippen LogP contribution in [0.15, 0.2) is 36.5 Å². The minimum atomic E-state index is 0.669. The van der Waals surface area contributed by atoms with Crippen molar-refractivity contribution < 1.29 is 0 Å². The summed E-state index contributed by atoms with van der Waals surface area (Å²) in [6, 6.07) is 10.00. The zero-order chi connectivity index (χ0) is 13.5. The van der Waals surface area contributed by atoms with Gasteiger partial charge in [0.2, 0.25) is 5.95 Å². The third-order valence-corrected chi connectivity index (χ3v) is 3.16. The van der Waals surface area contributed by atoms with Crippen molar-refractivity contribution in [3.8, 4) is 0 Å². The molecular formula is C16H21N3. The minimum Gasteiger partial charge on any atom is -0.324 e. The lowest BCUT2D eigenvalue weighted by Gasteiger charge is -2.08. The summed E-state index contributed by atoms with van der Waals surface area (Å²) < 4.78 is 0. The molecule has 2 rings (SSSR count). The molecule has 1 aromatic carbocycles. The number of para-hydroxylation sites is 1. The number of hydrogen-bond acceptors (Lipinski definition) is 3. The molecule has 1 N–H and O–H groups in total. The summed E-state index contributed by atoms with van der Waals surface area (Å²) in [5.41, 5.74) is 3.34. The van der Waals surface area contributed by atoms with Crippen molar-refractivity contribution >= 4 is 11.6 Å². The van der Waals surface area contributed by atoms with E-state index in [1.165, 1.54) is 24.8 Å². The predicted molar refractivity (Wildman–Crippen MR) is 79.7 cm³/mol. The predicted octanol–water partition coefficient (Wildman–Crippen LogP) is 4.26. The van der Waals surface area contributed by atoms with E-state index >= 15 is 0 Å². The molecule has 0 aliphatic heterocycles. The largest absolute Gasteiger partial charge is 0.324 e. The van der Waals surface area contributed by atoms with Gasteiger partial charge in [-0.15, -0.1) is 0 Å². The number of rotatable bonds is 6. The normalized spacial score (nSPS) is 10.4. The molecule has 1 heterocycles. The van der Waals surface area contributed by atoms with Crippen LogP contribution >= 0.6 is 0 Å². The Morgan fingerprint density at radius 1 is 1.11 bits per heavy atom. The van der Waals surface area contributed by atoms with Gasteiger partial charge in [-0.25, -0.2) is 9.97 Å². The summed E-state index contributed by atoms with van der Waals surface area (Å²) in [4.78, 5) is 8.92. The molecule has 0 bridgehead atoms. The van der Waals surface area contributed by atoms with Gasteiger partial charge in [0, 0.05) is 17.6 Å². The van der Waals surface area contributed by atoms with Gasteiger partial charge in [0.25, 0.3) is 0 Å². The van der Waals surface area contributed by atoms with E-state index < -0.39 is 0 Å². The molecule has 0 radical (unpaired) electrons. The van der Waals surface area contributed by atoms with Crippen molar-refractivity contribution in [3.63, 3.8) is 0 Å². The number of benzene rings is 1. The zero-order valence-corrected chi connectivity index (χ0v) is 11.7. The second-order valence-corrected chi connectivity index (χ2v) is 4.75. The Morgan fingerprint density at radius 3 is 2.58 bits per heavy atom. The Kier molecular flexibility index (Phi) is 4.90. The molecule has 0 aliphatic rings. The molecule has 0 saturated carbocycles. The number of aromatic nitrogens is 2. The molecule has 100 valence electrons. The van der Waals surface area contributed by atoms with Crippen LogP contribution in [0.3, 0.4) is 0 Å². The third-order valence-electron chi connectivity index (χ3n) is 3.16. The molecule has 0 amide bonds. The SMILES string of the molecule is CCCCCc1cnc(Nc2ccccc2)nc1C. The summed E-state index contributed by atoms with van der Waals surface area (Å²) in [6.07, 6.45) is 6.75. The first-order valence-electron chi connectivity index (χ1n) is 6.94. The minimum absolute atomic E-state index is 0.669. The van der Waals surface area contributed by atoms with Crippen molar-refractivity contribution in [2.24, 2.45) is 0 Å². The van der Waals surface area contributed by atoms with E-state index in [4.69, 9.17) is 0 Å². The van der Waals surface area contributed by atoms with Gasteiger partial charge in [0.15, 0.2) is 0 Å². The second kappa shape index (κ2) is 6.88. The van der Waals surface area contributed by atoms with Crippen LogP contribution in [0.4, 0.5) is 11.6 Å². The van der Waals surface area contributed by atoms with Crippen molar-refractivity contribution in [1.29, 1.82) is 0 Å². The second-order valence-electron chi connectivity index (χ2n) is 4.75. The highest BCUT2D eigenvalue weighted by Gasteiger charge is 2.03. The Morgan fingerprint density at radius 2 is 1.89 bits per heavy atom. The quantitative estimate of drug-likeness (QED) is 0.784. The summed E-state index contributed by atoms with van der Waals surface area (Å²) in [7, 11) is 0. The lowest BCUT2D eigenvalue weighted by atomic mass is 10.1. The van der Waals surface area contributed by atoms with Gasteiger partial charge in [0.1, 0.15) is 0 Å². The van der Waals surface area contributed by atoms with Gasteiger partial charge in [-0.1, -0.05) is 38.0 Å². The van der Waals surface area contributed by atoms with Gasteiger partial charge in [0.05, 0.1) is 0 Å². The van der Waals surface area contributed by atoms with Gasteiger partial charge < -0.3 is 5.32 Å². The fraction of sp³-hybridized carbons (Fsp3) is 0.375. The highest BCUT2D eigenvalue weighted by Crippen LogP contribution is 2.15. The van der Waals surface area contributed by atoms with E-state index in [2.05, 4.69) is 29.1 Å². The van der Waals surface area contributed by atoms with Crippen molar-refractivity contribution in [1.82, 2.24) is 9.97 Å². The summed E-state index contributed by atoms with van der Waals surface area (Å²) in [5, 5.41) is 3.22. The number of unbranched alkanes of at least 4 members (excludes halogenated alkanes) is 2. The van der Waals surface area contributed by atoms with E-state index in [0.717, 1.165) is 17.8 Å². The van der Waals surface area contributed by atoms with Crippen molar-refractivity contribution in [2.75, 3.05) is 5.32 Å². The molecule has 0 fully saturated rings. The van der Waals surface area contributed by atoms with Gasteiger partial charge in [-0.2, -0.15) is 0 Å². The van der Waals surface area contributed by atoms with Crippen LogP contribution in [0.1, 0.15) is 37.4 Å². The molecular weight excluding hydrogens is 234 g/mol. The maximum absolute atomic E-state index is 4.52. The van der Waals surface area contributed by atoms with Crippen LogP contribution < -0.4 is 5.32 Å². The number of nitrogens with one attached hydrogen (secondary N) is 1. The molecule has 1 aromatic heterocycles. The molecule has 0 saturated heterocycles. The fourth-order valence-electron chi connectivity index (χ4n) is 2.01. The average molecular weight is 255 g/mol. The Balaban J connectivity index is 2.02. The fourth-order valence-corrected chi connectivity index (χ4v) is 2.01. The highest BCUT2D eigenvalue weighted by molar-refractivity contribution is 5.52. The van der Waals surface area contributed by atoms with Gasteiger partial charge >= 0.3 is 0 Å². The smallest absolute Gasteiger partial charge is 0.227 e. The van der Waals surface area contributed by atoms with Crippen LogP contribution in [0, 0.1) is 6.92 Å². The van der Waals surface area contributed by atoms with Crippen molar-refractivity contribution in [2.45, 2.75) is 39.5 Å². The number of anilines is 2. The number of hydrogen-bond donors (Lipinski definition) is 1. The molecule has 19 heavy (non-hydrogen) atoms. The van der Waals surface area contributed by atoms with Crippen LogP contribution in [-0.4, -0.2) is 9.97 Å². The molecule has 2 aromatic rings. The number of aryl methyl sites for hydroxylation is 2. The van der Waals surface area contributed by atoms with Crippen LogP contribution in [0.2, 0.25) is 0 Å². The first-order valence-corrected chi connectivity index (χ1v) is 6.94. The number of nitrogens with zero attached hydrogens (tertiary/aromatic N) is 2. The lowest BCUT2D eigenvalue weighted by molar-refractivity contribution is 0.711. The molecule has 3 nitrogen and oxygen atoms in total. The first kappa shape index (κ1) is 13.5. The maximum atomic E-state index is 4.52. The van der Waals surface area contributed by atoms with E-state index in [0.29, 0.717) is 5.95 Å². The van der Waals surface area contributed by atoms with Gasteiger partial charge in [-0.05, 0) is 37.5 Å². The molecule has 0 unspecified atom stereocenters. The summed E-state index contributed by atoms with van der Waals surface area (Å²) in [6.45, 7) is 4.27. The van der Waals surface area contributed by atoms with Crippen LogP contribution in [-0.2, 0) is 6.42 Å². The topological polar surface area (TPSA) is 37.8 Å². The van der Waals surface area contributed by atoms with Crippen LogP contribution in [0.5, 0.6) is 0 Å². The molecule has 0 atom stereocenters. The average Bonchev–Trinajstić information content (AvgIpc) is 2.43. The standard InChI is InChI=1S/C16H21N3/c1-3-4-6-9-14-12-17-16(18-13(14)2)19-15-10-7-5-8-11-15/h5,7-8,10-12H,3-4,6,9H2,1-2H3,(H,17,18,19). The van der Waals surface area contributed by atoms with Crippen LogP contribution in [0.25, 0.3) is 0 Å². The van der Waals surface area contributed by atoms with E-state index in [9.17, 15) is 0 Å². The monoisotopic (exact) mass is 255 g/mol. The lowest BCUT2D eigenvalue weighted by Crippen LogP contribution is -2.01.